The Kier molecular flexibility index (Phi) is 10.4. The van der Waals surface area contributed by atoms with Crippen LogP contribution in [0.5, 0.6) is 0 Å². The van der Waals surface area contributed by atoms with Crippen LogP contribution in [-0.2, 0) is 14.3 Å². The number of amides is 1. The summed E-state index contributed by atoms with van der Waals surface area (Å²) in [5, 5.41) is 15.1. The third-order valence-electron chi connectivity index (χ3n) is 6.45. The van der Waals surface area contributed by atoms with Gasteiger partial charge in [-0.05, 0) is 64.7 Å². The summed E-state index contributed by atoms with van der Waals surface area (Å²) >= 11 is 5.43. The van der Waals surface area contributed by atoms with E-state index in [2.05, 4.69) is 29.7 Å². The van der Waals surface area contributed by atoms with Gasteiger partial charge in [-0.25, -0.2) is 0 Å². The zero-order chi connectivity index (χ0) is 22.9. The number of carboxylic acid groups (broad SMARTS) is 1. The first-order valence-electron chi connectivity index (χ1n) is 11.9. The molecule has 176 valence electrons. The van der Waals surface area contributed by atoms with E-state index in [-0.39, 0.29) is 24.5 Å². The number of hydrogen-bond acceptors (Lipinski definition) is 4. The summed E-state index contributed by atoms with van der Waals surface area (Å²) < 4.78 is 6.15. The lowest BCUT2D eigenvalue weighted by atomic mass is 9.77. The van der Waals surface area contributed by atoms with Gasteiger partial charge in [0.05, 0.1) is 17.2 Å². The van der Waals surface area contributed by atoms with Crippen LogP contribution in [-0.4, -0.2) is 46.3 Å². The second kappa shape index (κ2) is 12.5. The van der Waals surface area contributed by atoms with Crippen LogP contribution in [0.25, 0.3) is 0 Å². The van der Waals surface area contributed by atoms with Crippen molar-refractivity contribution >= 4 is 29.1 Å². The van der Waals surface area contributed by atoms with Crippen LogP contribution in [0.2, 0.25) is 0 Å². The summed E-state index contributed by atoms with van der Waals surface area (Å²) in [7, 11) is 0. The molecule has 4 atom stereocenters. The summed E-state index contributed by atoms with van der Waals surface area (Å²) in [5.41, 5.74) is -0.735. The normalized spacial score (nSPS) is 25.1. The lowest BCUT2D eigenvalue weighted by Crippen LogP contribution is -2.55. The molecule has 2 saturated heterocycles. The minimum atomic E-state index is -0.746. The zero-order valence-corrected chi connectivity index (χ0v) is 20.1. The van der Waals surface area contributed by atoms with Gasteiger partial charge in [0.15, 0.2) is 0 Å². The average molecular weight is 453 g/mol. The largest absolute Gasteiger partial charge is 0.481 e. The molecule has 0 aromatic rings. The van der Waals surface area contributed by atoms with Crippen LogP contribution in [0, 0.1) is 11.8 Å². The molecule has 0 aromatic carbocycles. The Labute approximate surface area is 192 Å². The van der Waals surface area contributed by atoms with E-state index in [0.717, 1.165) is 56.4 Å². The lowest BCUT2D eigenvalue weighted by Gasteiger charge is -2.30. The second-order valence-electron chi connectivity index (χ2n) is 9.45. The van der Waals surface area contributed by atoms with Crippen molar-refractivity contribution in [1.82, 2.24) is 10.6 Å². The van der Waals surface area contributed by atoms with Crippen LogP contribution < -0.4 is 10.6 Å². The number of ether oxygens (including phenoxy) is 1. The van der Waals surface area contributed by atoms with E-state index < -0.39 is 11.5 Å². The first-order valence-corrected chi connectivity index (χ1v) is 12.3. The van der Waals surface area contributed by atoms with Gasteiger partial charge in [0.25, 0.3) is 0 Å². The molecule has 0 unspecified atom stereocenters. The first kappa shape index (κ1) is 25.8. The molecule has 7 heteroatoms. The van der Waals surface area contributed by atoms with Crippen molar-refractivity contribution in [2.24, 2.45) is 11.8 Å². The predicted octanol–water partition coefficient (Wildman–Crippen LogP) is 4.37. The van der Waals surface area contributed by atoms with Gasteiger partial charge in [0, 0.05) is 18.9 Å². The predicted molar refractivity (Wildman–Crippen MR) is 127 cm³/mol. The van der Waals surface area contributed by atoms with E-state index in [9.17, 15) is 9.59 Å². The van der Waals surface area contributed by atoms with E-state index in [1.807, 2.05) is 13.8 Å². The Morgan fingerprint density at radius 3 is 2.48 bits per heavy atom. The van der Waals surface area contributed by atoms with Gasteiger partial charge in [-0.1, -0.05) is 44.1 Å². The summed E-state index contributed by atoms with van der Waals surface area (Å²) in [6.07, 6.45) is 13.6. The Bertz CT molecular complexity index is 649. The fourth-order valence-corrected chi connectivity index (χ4v) is 5.06. The highest BCUT2D eigenvalue weighted by atomic mass is 32.1. The third-order valence-corrected chi connectivity index (χ3v) is 6.76. The van der Waals surface area contributed by atoms with Crippen molar-refractivity contribution in [2.75, 3.05) is 6.54 Å². The fourth-order valence-electron chi connectivity index (χ4n) is 4.66. The molecule has 6 nitrogen and oxygen atoms in total. The zero-order valence-electron chi connectivity index (χ0n) is 19.3. The summed E-state index contributed by atoms with van der Waals surface area (Å²) in [6.45, 7) is 6.53. The Morgan fingerprint density at radius 2 is 1.81 bits per heavy atom. The van der Waals surface area contributed by atoms with Gasteiger partial charge < -0.3 is 20.5 Å². The standard InChI is InChI=1S/C24H40N2O4S/c1-4-5-8-12-21(31)26-24(2,3)23(29)25-16-18-17(19-14-15-20(18)30-19)11-9-6-7-10-13-22(27)28/h6,9,17-20H,4-5,7-8,10-16H2,1-3H3,(H,25,29)(H,26,31)(H,27,28)/t17-,18+,19-,20+/m1/s1. The van der Waals surface area contributed by atoms with Crippen molar-refractivity contribution in [3.63, 3.8) is 0 Å². The topological polar surface area (TPSA) is 87.7 Å². The average Bonchev–Trinajstić information content (AvgIpc) is 3.30. The smallest absolute Gasteiger partial charge is 0.303 e. The van der Waals surface area contributed by atoms with Gasteiger partial charge in [-0.3, -0.25) is 9.59 Å². The molecule has 0 radical (unpaired) electrons. The van der Waals surface area contributed by atoms with Crippen molar-refractivity contribution in [2.45, 2.75) is 103 Å². The van der Waals surface area contributed by atoms with Crippen molar-refractivity contribution < 1.29 is 19.4 Å². The molecule has 0 aliphatic carbocycles. The molecule has 2 rings (SSSR count). The number of unbranched alkanes of at least 4 members (excludes halogenated alkanes) is 3. The Balaban J connectivity index is 1.80. The van der Waals surface area contributed by atoms with E-state index in [1.54, 1.807) is 0 Å². The van der Waals surface area contributed by atoms with Gasteiger partial charge in [-0.15, -0.1) is 0 Å². The molecule has 3 N–H and O–H groups in total. The van der Waals surface area contributed by atoms with Crippen LogP contribution in [0.3, 0.4) is 0 Å². The van der Waals surface area contributed by atoms with E-state index >= 15 is 0 Å². The third kappa shape index (κ3) is 8.19. The number of allylic oxidation sites excluding steroid dienone is 2. The number of carboxylic acids is 1. The maximum atomic E-state index is 12.9. The van der Waals surface area contributed by atoms with E-state index in [4.69, 9.17) is 22.1 Å². The first-order chi connectivity index (χ1) is 14.7. The number of nitrogens with one attached hydrogen (secondary N) is 2. The number of rotatable bonds is 14. The lowest BCUT2D eigenvalue weighted by molar-refractivity contribution is -0.137. The number of fused-ring (bicyclic) bond motifs is 2. The maximum Gasteiger partial charge on any atom is 0.303 e. The van der Waals surface area contributed by atoms with E-state index in [1.165, 1.54) is 0 Å². The van der Waals surface area contributed by atoms with Crippen LogP contribution in [0.15, 0.2) is 12.2 Å². The number of hydrogen-bond donors (Lipinski definition) is 3. The summed E-state index contributed by atoms with van der Waals surface area (Å²) in [5.74, 6) is -0.0550. The van der Waals surface area contributed by atoms with Crippen molar-refractivity contribution in [3.05, 3.63) is 12.2 Å². The number of carbonyl (C=O) groups is 2. The summed E-state index contributed by atoms with van der Waals surface area (Å²) in [4.78, 5) is 24.2. The van der Waals surface area contributed by atoms with Gasteiger partial charge >= 0.3 is 5.97 Å². The molecule has 0 spiro atoms. The molecule has 31 heavy (non-hydrogen) atoms. The van der Waals surface area contributed by atoms with Crippen molar-refractivity contribution in [3.8, 4) is 0 Å². The number of carbonyl (C=O) groups excluding carboxylic acids is 1. The maximum absolute atomic E-state index is 12.9. The SMILES string of the molecule is CCCCCC(=S)NC(C)(C)C(=O)NC[C@H]1[C@@H](CC=CCCCC(=O)O)[C@H]2CC[C@@H]1O2. The highest BCUT2D eigenvalue weighted by Gasteiger charge is 2.48. The molecule has 2 bridgehead atoms. The minimum absolute atomic E-state index is 0.0314. The molecule has 2 fully saturated rings. The number of thiocarbonyl (C=S) groups is 1. The fraction of sp³-hybridized carbons (Fsp3) is 0.792. The van der Waals surface area contributed by atoms with Crippen LogP contribution in [0.1, 0.15) is 85.0 Å². The van der Waals surface area contributed by atoms with Crippen LogP contribution in [0.4, 0.5) is 0 Å². The number of aliphatic carboxylic acids is 1. The molecule has 1 amide bonds. The molecular formula is C24H40N2O4S. The second-order valence-corrected chi connectivity index (χ2v) is 9.94. The quantitative estimate of drug-likeness (QED) is 0.206. The van der Waals surface area contributed by atoms with Gasteiger partial charge in [-0.2, -0.15) is 0 Å². The Morgan fingerprint density at radius 1 is 1.10 bits per heavy atom. The highest BCUT2D eigenvalue weighted by molar-refractivity contribution is 7.80. The molecule has 2 heterocycles. The minimum Gasteiger partial charge on any atom is -0.481 e. The monoisotopic (exact) mass is 452 g/mol. The van der Waals surface area contributed by atoms with Crippen molar-refractivity contribution in [1.29, 1.82) is 0 Å². The van der Waals surface area contributed by atoms with Gasteiger partial charge in [0.2, 0.25) is 5.91 Å². The molecular weight excluding hydrogens is 412 g/mol. The molecule has 2 aliphatic rings. The van der Waals surface area contributed by atoms with Crippen LogP contribution >= 0.6 is 12.2 Å². The summed E-state index contributed by atoms with van der Waals surface area (Å²) in [6, 6.07) is 0. The van der Waals surface area contributed by atoms with Gasteiger partial charge in [0.1, 0.15) is 5.54 Å². The molecule has 0 saturated carbocycles. The van der Waals surface area contributed by atoms with E-state index in [0.29, 0.717) is 24.8 Å². The highest BCUT2D eigenvalue weighted by Crippen LogP contribution is 2.44. The Hall–Kier alpha value is -1.47. The molecule has 0 aromatic heterocycles. The molecule has 2 aliphatic heterocycles.